The highest BCUT2D eigenvalue weighted by Crippen LogP contribution is 2.48. The fraction of sp³-hybridized carbons (Fsp3) is 0.923. The Morgan fingerprint density at radius 3 is 2.76 bits per heavy atom. The van der Waals surface area contributed by atoms with Crippen LogP contribution in [0.1, 0.15) is 25.7 Å². The van der Waals surface area contributed by atoms with Gasteiger partial charge in [-0.2, -0.15) is 0 Å². The van der Waals surface area contributed by atoms with Crippen LogP contribution in [0.25, 0.3) is 0 Å². The van der Waals surface area contributed by atoms with Gasteiger partial charge in [0.1, 0.15) is 0 Å². The summed E-state index contributed by atoms with van der Waals surface area (Å²) < 4.78 is 5.05. The SMILES string of the molecule is COCCN(CC(=O)O)CC1CC2CCC1C2. The monoisotopic (exact) mass is 241 g/mol. The molecule has 0 amide bonds. The molecule has 4 nitrogen and oxygen atoms in total. The summed E-state index contributed by atoms with van der Waals surface area (Å²) in [5.41, 5.74) is 0. The highest BCUT2D eigenvalue weighted by molar-refractivity contribution is 5.69. The van der Waals surface area contributed by atoms with Gasteiger partial charge in [-0.3, -0.25) is 9.69 Å². The van der Waals surface area contributed by atoms with Crippen molar-refractivity contribution in [2.75, 3.05) is 33.4 Å². The van der Waals surface area contributed by atoms with Gasteiger partial charge in [-0.25, -0.2) is 0 Å². The number of fused-ring (bicyclic) bond motifs is 2. The van der Waals surface area contributed by atoms with E-state index in [1.54, 1.807) is 7.11 Å². The van der Waals surface area contributed by atoms with E-state index in [0.717, 1.165) is 30.8 Å². The first kappa shape index (κ1) is 12.8. The maximum absolute atomic E-state index is 10.8. The first-order valence-corrected chi connectivity index (χ1v) is 6.62. The van der Waals surface area contributed by atoms with Crippen LogP contribution in [0.2, 0.25) is 0 Å². The molecular weight excluding hydrogens is 218 g/mol. The third-order valence-corrected chi connectivity index (χ3v) is 4.35. The summed E-state index contributed by atoms with van der Waals surface area (Å²) in [6, 6.07) is 0. The predicted molar refractivity (Wildman–Crippen MR) is 64.9 cm³/mol. The van der Waals surface area contributed by atoms with Crippen molar-refractivity contribution in [3.05, 3.63) is 0 Å². The minimum atomic E-state index is -0.732. The number of nitrogens with zero attached hydrogens (tertiary/aromatic N) is 1. The molecule has 2 fully saturated rings. The Morgan fingerprint density at radius 1 is 1.41 bits per heavy atom. The summed E-state index contributed by atoms with van der Waals surface area (Å²) in [5.74, 6) is 1.78. The summed E-state index contributed by atoms with van der Waals surface area (Å²) in [7, 11) is 1.66. The van der Waals surface area contributed by atoms with E-state index >= 15 is 0 Å². The van der Waals surface area contributed by atoms with Gasteiger partial charge in [-0.05, 0) is 37.0 Å². The first-order chi connectivity index (χ1) is 8.19. The maximum Gasteiger partial charge on any atom is 0.317 e. The van der Waals surface area contributed by atoms with Crippen molar-refractivity contribution in [1.82, 2.24) is 4.90 Å². The minimum absolute atomic E-state index is 0.150. The first-order valence-electron chi connectivity index (χ1n) is 6.62. The van der Waals surface area contributed by atoms with Gasteiger partial charge in [0.25, 0.3) is 0 Å². The minimum Gasteiger partial charge on any atom is -0.480 e. The Hall–Kier alpha value is -0.610. The quantitative estimate of drug-likeness (QED) is 0.733. The number of rotatable bonds is 7. The number of carbonyl (C=O) groups is 1. The Bertz CT molecular complexity index is 269. The molecule has 3 atom stereocenters. The molecule has 0 aromatic carbocycles. The average Bonchev–Trinajstić information content (AvgIpc) is 2.86. The molecule has 0 radical (unpaired) electrons. The molecule has 2 bridgehead atoms. The topological polar surface area (TPSA) is 49.8 Å². The van der Waals surface area contributed by atoms with Crippen LogP contribution in [0, 0.1) is 17.8 Å². The maximum atomic E-state index is 10.8. The fourth-order valence-corrected chi connectivity index (χ4v) is 3.58. The molecule has 17 heavy (non-hydrogen) atoms. The van der Waals surface area contributed by atoms with Crippen LogP contribution < -0.4 is 0 Å². The van der Waals surface area contributed by atoms with Gasteiger partial charge < -0.3 is 9.84 Å². The van der Waals surface area contributed by atoms with E-state index in [2.05, 4.69) is 0 Å². The van der Waals surface area contributed by atoms with Crippen LogP contribution >= 0.6 is 0 Å². The van der Waals surface area contributed by atoms with Crippen LogP contribution in [0.3, 0.4) is 0 Å². The molecule has 2 saturated carbocycles. The highest BCUT2D eigenvalue weighted by atomic mass is 16.5. The molecule has 0 saturated heterocycles. The van der Waals surface area contributed by atoms with E-state index in [1.807, 2.05) is 4.90 Å². The molecule has 3 unspecified atom stereocenters. The van der Waals surface area contributed by atoms with Crippen molar-refractivity contribution in [1.29, 1.82) is 0 Å². The van der Waals surface area contributed by atoms with Gasteiger partial charge in [0.15, 0.2) is 0 Å². The van der Waals surface area contributed by atoms with Gasteiger partial charge in [-0.1, -0.05) is 6.42 Å². The predicted octanol–water partition coefficient (Wildman–Crippen LogP) is 1.46. The van der Waals surface area contributed by atoms with Crippen LogP contribution in [-0.4, -0.2) is 49.3 Å². The summed E-state index contributed by atoms with van der Waals surface area (Å²) in [6.07, 6.45) is 5.46. The zero-order valence-corrected chi connectivity index (χ0v) is 10.6. The molecule has 98 valence electrons. The number of carboxylic acid groups (broad SMARTS) is 1. The average molecular weight is 241 g/mol. The van der Waals surface area contributed by atoms with Crippen LogP contribution in [0.5, 0.6) is 0 Å². The van der Waals surface area contributed by atoms with Crippen molar-refractivity contribution in [2.24, 2.45) is 17.8 Å². The van der Waals surface area contributed by atoms with E-state index in [4.69, 9.17) is 9.84 Å². The van der Waals surface area contributed by atoms with Gasteiger partial charge in [-0.15, -0.1) is 0 Å². The van der Waals surface area contributed by atoms with E-state index in [-0.39, 0.29) is 6.54 Å². The zero-order valence-electron chi connectivity index (χ0n) is 10.6. The molecule has 1 N–H and O–H groups in total. The van der Waals surface area contributed by atoms with E-state index < -0.39 is 5.97 Å². The van der Waals surface area contributed by atoms with Gasteiger partial charge in [0.05, 0.1) is 13.2 Å². The van der Waals surface area contributed by atoms with Crippen molar-refractivity contribution >= 4 is 5.97 Å². The number of aliphatic carboxylic acids is 1. The van der Waals surface area contributed by atoms with E-state index in [0.29, 0.717) is 6.61 Å². The normalized spacial score (nSPS) is 31.3. The van der Waals surface area contributed by atoms with E-state index in [1.165, 1.54) is 25.7 Å². The summed E-state index contributed by atoms with van der Waals surface area (Å²) >= 11 is 0. The fourth-order valence-electron chi connectivity index (χ4n) is 3.58. The Balaban J connectivity index is 1.81. The number of hydrogen-bond acceptors (Lipinski definition) is 3. The molecule has 2 aliphatic carbocycles. The van der Waals surface area contributed by atoms with Gasteiger partial charge >= 0.3 is 5.97 Å². The molecule has 2 rings (SSSR count). The molecule has 0 aromatic rings. The number of ether oxygens (including phenoxy) is 1. The molecule has 4 heteroatoms. The smallest absolute Gasteiger partial charge is 0.317 e. The van der Waals surface area contributed by atoms with Crippen LogP contribution in [0.15, 0.2) is 0 Å². The van der Waals surface area contributed by atoms with Crippen molar-refractivity contribution in [3.8, 4) is 0 Å². The summed E-state index contributed by atoms with van der Waals surface area (Å²) in [4.78, 5) is 12.9. The van der Waals surface area contributed by atoms with Crippen LogP contribution in [0.4, 0.5) is 0 Å². The lowest BCUT2D eigenvalue weighted by Gasteiger charge is -2.28. The second-order valence-corrected chi connectivity index (χ2v) is 5.56. The largest absolute Gasteiger partial charge is 0.480 e. The van der Waals surface area contributed by atoms with Gasteiger partial charge in [0, 0.05) is 20.2 Å². The van der Waals surface area contributed by atoms with Crippen molar-refractivity contribution < 1.29 is 14.6 Å². The van der Waals surface area contributed by atoms with Crippen molar-refractivity contribution in [2.45, 2.75) is 25.7 Å². The Labute approximate surface area is 103 Å². The second-order valence-electron chi connectivity index (χ2n) is 5.56. The molecular formula is C13H23NO3. The lowest BCUT2D eigenvalue weighted by molar-refractivity contribution is -0.138. The molecule has 0 spiro atoms. The highest BCUT2D eigenvalue weighted by Gasteiger charge is 2.39. The number of methoxy groups -OCH3 is 1. The Morgan fingerprint density at radius 2 is 2.24 bits per heavy atom. The zero-order chi connectivity index (χ0) is 12.3. The second kappa shape index (κ2) is 5.83. The summed E-state index contributed by atoms with van der Waals surface area (Å²) in [6.45, 7) is 2.44. The number of carboxylic acids is 1. The van der Waals surface area contributed by atoms with E-state index in [9.17, 15) is 4.79 Å². The molecule has 0 aliphatic heterocycles. The Kier molecular flexibility index (Phi) is 4.40. The molecule has 2 aliphatic rings. The third kappa shape index (κ3) is 3.42. The standard InChI is InChI=1S/C13H23NO3/c1-17-5-4-14(9-13(15)16)8-12-7-10-2-3-11(12)6-10/h10-12H,2-9H2,1H3,(H,15,16). The lowest BCUT2D eigenvalue weighted by atomic mass is 9.88. The van der Waals surface area contributed by atoms with Crippen LogP contribution in [-0.2, 0) is 9.53 Å². The molecule has 0 heterocycles. The third-order valence-electron chi connectivity index (χ3n) is 4.35. The number of hydrogen-bond donors (Lipinski definition) is 1. The van der Waals surface area contributed by atoms with Crippen molar-refractivity contribution in [3.63, 3.8) is 0 Å². The lowest BCUT2D eigenvalue weighted by Crippen LogP contribution is -2.37. The summed E-state index contributed by atoms with van der Waals surface area (Å²) in [5, 5.41) is 8.91. The molecule has 0 aromatic heterocycles. The van der Waals surface area contributed by atoms with Gasteiger partial charge in [0.2, 0.25) is 0 Å².